The van der Waals surface area contributed by atoms with Crippen molar-refractivity contribution in [2.24, 2.45) is 0 Å². The predicted molar refractivity (Wildman–Crippen MR) is 76.1 cm³/mol. The number of nitrogens with zero attached hydrogens (tertiary/aromatic N) is 2. The maximum atomic E-state index is 4.56. The lowest BCUT2D eigenvalue weighted by Crippen LogP contribution is -2.37. The molecule has 0 aliphatic carbocycles. The Kier molecular flexibility index (Phi) is 6.41. The molecule has 1 aliphatic rings. The number of thiazole rings is 1. The lowest BCUT2D eigenvalue weighted by Gasteiger charge is -2.27. The molecule has 1 aromatic heterocycles. The number of hydrogen-bond donors (Lipinski definition) is 1. The number of hydrogen-bond acceptors (Lipinski definition) is 4. The van der Waals surface area contributed by atoms with Crippen molar-refractivity contribution < 1.29 is 0 Å². The third-order valence-electron chi connectivity index (χ3n) is 3.09. The van der Waals surface area contributed by atoms with Crippen LogP contribution < -0.4 is 5.32 Å². The number of aryl methyl sites for hydroxylation is 1. The minimum Gasteiger partial charge on any atom is -0.315 e. The van der Waals surface area contributed by atoms with E-state index in [4.69, 9.17) is 0 Å². The van der Waals surface area contributed by atoms with Crippen LogP contribution in [0.5, 0.6) is 0 Å². The Morgan fingerprint density at radius 3 is 2.94 bits per heavy atom. The van der Waals surface area contributed by atoms with E-state index in [2.05, 4.69) is 34.4 Å². The van der Waals surface area contributed by atoms with Gasteiger partial charge in [0.2, 0.25) is 0 Å². The van der Waals surface area contributed by atoms with Gasteiger partial charge in [-0.2, -0.15) is 0 Å². The number of aromatic nitrogens is 1. The Labute approximate surface area is 114 Å². The average Bonchev–Trinajstić information content (AvgIpc) is 2.88. The van der Waals surface area contributed by atoms with Crippen LogP contribution >= 0.6 is 23.7 Å². The molecule has 3 nitrogen and oxygen atoms in total. The summed E-state index contributed by atoms with van der Waals surface area (Å²) < 4.78 is 0. The molecule has 1 unspecified atom stereocenters. The van der Waals surface area contributed by atoms with Crippen LogP contribution in [0, 0.1) is 6.92 Å². The summed E-state index contributed by atoms with van der Waals surface area (Å²) in [4.78, 5) is 7.14. The first-order valence-corrected chi connectivity index (χ1v) is 7.03. The highest BCUT2D eigenvalue weighted by atomic mass is 35.5. The quantitative estimate of drug-likeness (QED) is 0.895. The van der Waals surface area contributed by atoms with Gasteiger partial charge in [0.1, 0.15) is 0 Å². The molecule has 1 atom stereocenters. The molecule has 98 valence electrons. The van der Waals surface area contributed by atoms with Crippen LogP contribution in [0.1, 0.15) is 30.5 Å². The van der Waals surface area contributed by atoms with Gasteiger partial charge < -0.3 is 5.32 Å². The van der Waals surface area contributed by atoms with Crippen molar-refractivity contribution in [3.05, 3.63) is 16.1 Å². The topological polar surface area (TPSA) is 28.2 Å². The highest BCUT2D eigenvalue weighted by Crippen LogP contribution is 2.15. The standard InChI is InChI=1S/C12H21N3S.ClH/c1-3-6-15(12-4-5-13-7-12)8-11-9-16-10(2)14-11;/h9,12-13H,3-8H2,1-2H3;1H. The summed E-state index contributed by atoms with van der Waals surface area (Å²) in [5.41, 5.74) is 1.24. The molecule has 17 heavy (non-hydrogen) atoms. The third-order valence-corrected chi connectivity index (χ3v) is 3.92. The third kappa shape index (κ3) is 4.21. The van der Waals surface area contributed by atoms with Gasteiger partial charge >= 0.3 is 0 Å². The highest BCUT2D eigenvalue weighted by molar-refractivity contribution is 7.09. The Balaban J connectivity index is 0.00000144. The SMILES string of the molecule is CCCN(Cc1csc(C)n1)C1CCNC1.Cl. The van der Waals surface area contributed by atoms with Crippen LogP contribution in [0.15, 0.2) is 5.38 Å². The first-order valence-electron chi connectivity index (χ1n) is 6.15. The predicted octanol–water partition coefficient (Wildman–Crippen LogP) is 2.45. The molecule has 0 aromatic carbocycles. The maximum Gasteiger partial charge on any atom is 0.0897 e. The summed E-state index contributed by atoms with van der Waals surface area (Å²) in [6.07, 6.45) is 2.50. The van der Waals surface area contributed by atoms with Crippen molar-refractivity contribution in [3.8, 4) is 0 Å². The van der Waals surface area contributed by atoms with Gasteiger partial charge in [-0.25, -0.2) is 4.98 Å². The van der Waals surface area contributed by atoms with Crippen molar-refractivity contribution in [2.75, 3.05) is 19.6 Å². The molecule has 5 heteroatoms. The highest BCUT2D eigenvalue weighted by Gasteiger charge is 2.22. The largest absolute Gasteiger partial charge is 0.315 e. The van der Waals surface area contributed by atoms with E-state index in [9.17, 15) is 0 Å². The van der Waals surface area contributed by atoms with Crippen molar-refractivity contribution >= 4 is 23.7 Å². The fourth-order valence-corrected chi connectivity index (χ4v) is 2.92. The number of rotatable bonds is 5. The molecule has 1 N–H and O–H groups in total. The van der Waals surface area contributed by atoms with Crippen molar-refractivity contribution in [3.63, 3.8) is 0 Å². The van der Waals surface area contributed by atoms with Gasteiger partial charge in [-0.3, -0.25) is 4.90 Å². The van der Waals surface area contributed by atoms with E-state index in [1.807, 2.05) is 0 Å². The zero-order valence-electron chi connectivity index (χ0n) is 10.6. The Morgan fingerprint density at radius 1 is 1.59 bits per heavy atom. The van der Waals surface area contributed by atoms with Crippen LogP contribution in [-0.2, 0) is 6.54 Å². The molecule has 1 aromatic rings. The van der Waals surface area contributed by atoms with Crippen LogP contribution in [0.25, 0.3) is 0 Å². The molecule has 1 aliphatic heterocycles. The van der Waals surface area contributed by atoms with Gasteiger partial charge in [0.15, 0.2) is 0 Å². The summed E-state index contributed by atoms with van der Waals surface area (Å²) in [6, 6.07) is 0.710. The maximum absolute atomic E-state index is 4.56. The second-order valence-corrected chi connectivity index (χ2v) is 5.54. The van der Waals surface area contributed by atoms with E-state index >= 15 is 0 Å². The smallest absolute Gasteiger partial charge is 0.0897 e. The van der Waals surface area contributed by atoms with Gasteiger partial charge in [0.25, 0.3) is 0 Å². The van der Waals surface area contributed by atoms with Gasteiger partial charge in [0, 0.05) is 24.5 Å². The second kappa shape index (κ2) is 7.31. The Bertz CT molecular complexity index is 323. The molecule has 1 fully saturated rings. The fourth-order valence-electron chi connectivity index (χ4n) is 2.32. The fraction of sp³-hybridized carbons (Fsp3) is 0.750. The van der Waals surface area contributed by atoms with Crippen LogP contribution in [-0.4, -0.2) is 35.6 Å². The van der Waals surface area contributed by atoms with E-state index in [-0.39, 0.29) is 12.4 Å². The van der Waals surface area contributed by atoms with Gasteiger partial charge in [0.05, 0.1) is 10.7 Å². The van der Waals surface area contributed by atoms with Crippen LogP contribution in [0.3, 0.4) is 0 Å². The zero-order valence-corrected chi connectivity index (χ0v) is 12.2. The molecule has 1 saturated heterocycles. The number of halogens is 1. The monoisotopic (exact) mass is 275 g/mol. The van der Waals surface area contributed by atoms with Crippen LogP contribution in [0.2, 0.25) is 0 Å². The normalized spacial score (nSPS) is 19.6. The summed E-state index contributed by atoms with van der Waals surface area (Å²) in [5.74, 6) is 0. The molecule has 0 saturated carbocycles. The summed E-state index contributed by atoms with van der Waals surface area (Å²) in [5, 5.41) is 6.81. The first kappa shape index (κ1) is 14.9. The minimum absolute atomic E-state index is 0. The molecule has 2 heterocycles. The van der Waals surface area contributed by atoms with Crippen molar-refractivity contribution in [2.45, 2.75) is 39.3 Å². The van der Waals surface area contributed by atoms with Crippen LogP contribution in [0.4, 0.5) is 0 Å². The Morgan fingerprint density at radius 2 is 2.41 bits per heavy atom. The number of nitrogens with one attached hydrogen (secondary N) is 1. The molecular formula is C12H22ClN3S. The summed E-state index contributed by atoms with van der Waals surface area (Å²) >= 11 is 1.75. The molecular weight excluding hydrogens is 254 g/mol. The van der Waals surface area contributed by atoms with E-state index in [0.29, 0.717) is 6.04 Å². The van der Waals surface area contributed by atoms with Gasteiger partial charge in [-0.1, -0.05) is 6.92 Å². The lowest BCUT2D eigenvalue weighted by molar-refractivity contribution is 0.197. The first-order chi connectivity index (χ1) is 7.79. The summed E-state index contributed by atoms with van der Waals surface area (Å²) in [6.45, 7) is 8.84. The zero-order chi connectivity index (χ0) is 11.4. The van der Waals surface area contributed by atoms with E-state index in [1.54, 1.807) is 11.3 Å². The van der Waals surface area contributed by atoms with Gasteiger partial charge in [-0.05, 0) is 32.9 Å². The van der Waals surface area contributed by atoms with E-state index in [1.165, 1.54) is 36.6 Å². The van der Waals surface area contributed by atoms with Gasteiger partial charge in [-0.15, -0.1) is 23.7 Å². The molecule has 0 amide bonds. The van der Waals surface area contributed by atoms with E-state index in [0.717, 1.165) is 13.1 Å². The lowest BCUT2D eigenvalue weighted by atomic mass is 10.2. The molecule has 0 bridgehead atoms. The molecule has 2 rings (SSSR count). The second-order valence-electron chi connectivity index (χ2n) is 4.47. The van der Waals surface area contributed by atoms with Crippen molar-refractivity contribution in [1.82, 2.24) is 15.2 Å². The van der Waals surface area contributed by atoms with E-state index < -0.39 is 0 Å². The Hall–Kier alpha value is -0.160. The van der Waals surface area contributed by atoms with Crippen molar-refractivity contribution in [1.29, 1.82) is 0 Å². The summed E-state index contributed by atoms with van der Waals surface area (Å²) in [7, 11) is 0. The average molecular weight is 276 g/mol. The minimum atomic E-state index is 0. The molecule has 0 spiro atoms. The molecule has 0 radical (unpaired) electrons.